The Labute approximate surface area is 144 Å². The Bertz CT molecular complexity index is 600. The Morgan fingerprint density at radius 3 is 2.67 bits per heavy atom. The maximum Gasteiger partial charge on any atom is 0.322 e. The summed E-state index contributed by atoms with van der Waals surface area (Å²) in [4.78, 5) is 22.6. The number of aliphatic hydroxyl groups is 2. The van der Waals surface area contributed by atoms with Crippen molar-refractivity contribution < 1.29 is 46.2 Å². The van der Waals surface area contributed by atoms with Gasteiger partial charge in [0.05, 0.1) is 0 Å². The Morgan fingerprint density at radius 1 is 1.42 bits per heavy atom. The smallest absolute Gasteiger partial charge is 0.322 e. The molecule has 2 heterocycles. The van der Waals surface area contributed by atoms with Gasteiger partial charge in [0.2, 0.25) is 0 Å². The minimum absolute atomic E-state index is 0. The number of ether oxygens (including phenoxy) is 2. The summed E-state index contributed by atoms with van der Waals surface area (Å²) in [5.74, 6) is -1.27. The summed E-state index contributed by atoms with van der Waals surface area (Å²) in [7, 11) is 0. The molecule has 0 saturated carbocycles. The van der Waals surface area contributed by atoms with Crippen molar-refractivity contribution >= 4 is 11.9 Å². The fourth-order valence-electron chi connectivity index (χ4n) is 2.21. The van der Waals surface area contributed by atoms with E-state index in [-0.39, 0.29) is 24.6 Å². The van der Waals surface area contributed by atoms with Crippen molar-refractivity contribution in [3.63, 3.8) is 0 Å². The number of hydrogen-bond acceptors (Lipinski definition) is 7. The van der Waals surface area contributed by atoms with Gasteiger partial charge < -0.3 is 43.6 Å². The van der Waals surface area contributed by atoms with Gasteiger partial charge in [-0.25, -0.2) is 0 Å². The van der Waals surface area contributed by atoms with Gasteiger partial charge >= 0.3 is 5.97 Å². The summed E-state index contributed by atoms with van der Waals surface area (Å²) in [6.45, 7) is 1.22. The molecule has 10 heteroatoms. The molecule has 1 aromatic rings. The third-order valence-electron chi connectivity index (χ3n) is 3.50. The van der Waals surface area contributed by atoms with E-state index in [1.165, 1.54) is 23.8 Å². The highest BCUT2D eigenvalue weighted by Crippen LogP contribution is 2.25. The molecule has 6 N–H and O–H groups in total. The molecule has 0 radical (unpaired) electrons. The van der Waals surface area contributed by atoms with E-state index < -0.39 is 42.5 Å². The first kappa shape index (κ1) is 20.3. The first-order valence-electron chi connectivity index (χ1n) is 7.05. The summed E-state index contributed by atoms with van der Waals surface area (Å²) in [5, 5.41) is 20.1. The monoisotopic (exact) mass is 361 g/mol. The molecule has 1 aliphatic rings. The lowest BCUT2D eigenvalue weighted by Crippen LogP contribution is -3.00. The van der Waals surface area contributed by atoms with Crippen molar-refractivity contribution in [2.45, 2.75) is 37.5 Å². The van der Waals surface area contributed by atoms with Gasteiger partial charge in [-0.2, -0.15) is 4.57 Å². The molecular formula is C14H20ClN3O6. The molecular weight excluding hydrogens is 342 g/mol. The maximum atomic E-state index is 11.4. The Morgan fingerprint density at radius 2 is 2.08 bits per heavy atom. The van der Waals surface area contributed by atoms with E-state index in [2.05, 4.69) is 0 Å². The fraction of sp³-hybridized carbons (Fsp3) is 0.500. The molecule has 0 bridgehead atoms. The van der Waals surface area contributed by atoms with E-state index in [1.807, 2.05) is 0 Å². The molecule has 134 valence electrons. The third-order valence-corrected chi connectivity index (χ3v) is 3.50. The Hall–Kier alpha value is -1.78. The van der Waals surface area contributed by atoms with Crippen LogP contribution >= 0.6 is 0 Å². The van der Waals surface area contributed by atoms with E-state index in [4.69, 9.17) is 20.9 Å². The summed E-state index contributed by atoms with van der Waals surface area (Å²) in [6.07, 6.45) is -1.42. The molecule has 1 aromatic heterocycles. The minimum atomic E-state index is -1.26. The highest BCUT2D eigenvalue weighted by Gasteiger charge is 2.48. The molecule has 2 rings (SSSR count). The van der Waals surface area contributed by atoms with Crippen molar-refractivity contribution in [3.05, 3.63) is 30.1 Å². The number of halogens is 1. The molecule has 5 atom stereocenters. The van der Waals surface area contributed by atoms with E-state index in [0.717, 1.165) is 0 Å². The van der Waals surface area contributed by atoms with Crippen LogP contribution in [0, 0.1) is 0 Å². The predicted molar refractivity (Wildman–Crippen MR) is 75.7 cm³/mol. The minimum Gasteiger partial charge on any atom is -1.00 e. The number of nitrogens with two attached hydrogens (primary N) is 2. The number of nitrogens with zero attached hydrogens (tertiary/aromatic N) is 1. The molecule has 1 fully saturated rings. The number of esters is 1. The summed E-state index contributed by atoms with van der Waals surface area (Å²) in [5.41, 5.74) is 10.8. The van der Waals surface area contributed by atoms with Crippen molar-refractivity contribution in [2.24, 2.45) is 11.5 Å². The van der Waals surface area contributed by atoms with E-state index in [1.54, 1.807) is 12.3 Å². The van der Waals surface area contributed by atoms with Crippen LogP contribution < -0.4 is 28.4 Å². The lowest BCUT2D eigenvalue weighted by Gasteiger charge is -2.14. The zero-order chi connectivity index (χ0) is 17.1. The molecule has 0 aliphatic carbocycles. The average molecular weight is 362 g/mol. The topological polar surface area (TPSA) is 149 Å². The first-order valence-corrected chi connectivity index (χ1v) is 7.05. The van der Waals surface area contributed by atoms with Gasteiger partial charge in [0.15, 0.2) is 18.5 Å². The highest BCUT2D eigenvalue weighted by atomic mass is 35.5. The van der Waals surface area contributed by atoms with Gasteiger partial charge in [0, 0.05) is 6.07 Å². The number of amides is 1. The standard InChI is InChI=1S/C14H19N3O6.ClH/c1-7(15)14(21)22-6-9-10(18)11(19)13(23-9)17-4-2-3-8(5-17)12(16)20;/h2-5,7,9-11,13,18-19H,6,15H2,1H3,(H-,16,20);1H/t7-,9+,10+,11+,13+;/m0./s1. The fourth-order valence-corrected chi connectivity index (χ4v) is 2.21. The average Bonchev–Trinajstić information content (AvgIpc) is 2.80. The maximum absolute atomic E-state index is 11.4. The van der Waals surface area contributed by atoms with E-state index in [9.17, 15) is 19.8 Å². The van der Waals surface area contributed by atoms with Crippen LogP contribution in [0.5, 0.6) is 0 Å². The lowest BCUT2D eigenvalue weighted by molar-refractivity contribution is -0.765. The van der Waals surface area contributed by atoms with Crippen molar-refractivity contribution in [1.29, 1.82) is 0 Å². The summed E-state index contributed by atoms with van der Waals surface area (Å²) < 4.78 is 11.9. The second-order valence-electron chi connectivity index (χ2n) is 5.37. The predicted octanol–water partition coefficient (Wildman–Crippen LogP) is -5.41. The van der Waals surface area contributed by atoms with Crippen molar-refractivity contribution in [1.82, 2.24) is 0 Å². The largest absolute Gasteiger partial charge is 1.00 e. The number of primary amides is 1. The third kappa shape index (κ3) is 4.40. The summed E-state index contributed by atoms with van der Waals surface area (Å²) >= 11 is 0. The van der Waals surface area contributed by atoms with Crippen LogP contribution in [0.1, 0.15) is 23.5 Å². The zero-order valence-corrected chi connectivity index (χ0v) is 13.7. The van der Waals surface area contributed by atoms with Crippen LogP contribution in [0.2, 0.25) is 0 Å². The van der Waals surface area contributed by atoms with E-state index in [0.29, 0.717) is 0 Å². The molecule has 1 aliphatic heterocycles. The van der Waals surface area contributed by atoms with Crippen LogP contribution in [0.25, 0.3) is 0 Å². The first-order chi connectivity index (χ1) is 10.8. The highest BCUT2D eigenvalue weighted by molar-refractivity contribution is 5.92. The quantitative estimate of drug-likeness (QED) is 0.302. The molecule has 0 unspecified atom stereocenters. The van der Waals surface area contributed by atoms with Gasteiger partial charge in [-0.05, 0) is 13.0 Å². The van der Waals surface area contributed by atoms with Crippen molar-refractivity contribution in [3.8, 4) is 0 Å². The molecule has 24 heavy (non-hydrogen) atoms. The Kier molecular flexibility index (Phi) is 7.06. The molecule has 9 nitrogen and oxygen atoms in total. The molecule has 0 spiro atoms. The number of hydrogen-bond donors (Lipinski definition) is 4. The number of rotatable bonds is 5. The van der Waals surface area contributed by atoms with Gasteiger partial charge in [-0.15, -0.1) is 0 Å². The van der Waals surface area contributed by atoms with Gasteiger partial charge in [-0.3, -0.25) is 9.59 Å². The van der Waals surface area contributed by atoms with Gasteiger partial charge in [-0.1, -0.05) is 0 Å². The normalized spacial score (nSPS) is 27.2. The second kappa shape index (κ2) is 8.36. The van der Waals surface area contributed by atoms with Crippen LogP contribution in [0.15, 0.2) is 24.5 Å². The SMILES string of the molecule is C[C@H](N)C(=O)OC[C@H]1O[C@@H]([n+]2cccc(C(N)=O)c2)[C@H](O)[C@@H]1O.[Cl-]. The Balaban J connectivity index is 0.00000288. The zero-order valence-electron chi connectivity index (χ0n) is 12.9. The number of aliphatic hydroxyl groups excluding tert-OH is 2. The molecule has 1 saturated heterocycles. The van der Waals surface area contributed by atoms with Crippen LogP contribution in [-0.2, 0) is 14.3 Å². The second-order valence-corrected chi connectivity index (χ2v) is 5.37. The summed E-state index contributed by atoms with van der Waals surface area (Å²) in [6, 6.07) is 2.28. The van der Waals surface area contributed by atoms with Gasteiger partial charge in [0.1, 0.15) is 30.4 Å². The number of aromatic nitrogens is 1. The van der Waals surface area contributed by atoms with Crippen molar-refractivity contribution in [2.75, 3.05) is 6.61 Å². The van der Waals surface area contributed by atoms with Crippen LogP contribution in [-0.4, -0.2) is 53.1 Å². The van der Waals surface area contributed by atoms with Crippen LogP contribution in [0.4, 0.5) is 0 Å². The van der Waals surface area contributed by atoms with Crippen LogP contribution in [0.3, 0.4) is 0 Å². The van der Waals surface area contributed by atoms with E-state index >= 15 is 0 Å². The molecule has 0 aromatic carbocycles. The number of carbonyl (C=O) groups is 2. The number of pyridine rings is 1. The lowest BCUT2D eigenvalue weighted by atomic mass is 10.1. The molecule has 1 amide bonds. The van der Waals surface area contributed by atoms with Gasteiger partial charge in [0.25, 0.3) is 12.1 Å². The number of carbonyl (C=O) groups excluding carboxylic acids is 2.